The number of morpholine rings is 1. The van der Waals surface area contributed by atoms with Gasteiger partial charge in [-0.15, -0.1) is 0 Å². The highest BCUT2D eigenvalue weighted by atomic mass is 19.4. The summed E-state index contributed by atoms with van der Waals surface area (Å²) in [7, 11) is 0. The molecular weight excluding hydrogens is 507 g/mol. The van der Waals surface area contributed by atoms with Crippen molar-refractivity contribution in [1.82, 2.24) is 4.90 Å². The number of nitrogens with zero attached hydrogens (tertiary/aromatic N) is 1. The molecule has 0 radical (unpaired) electrons. The van der Waals surface area contributed by atoms with Crippen molar-refractivity contribution in [2.24, 2.45) is 0 Å². The molecule has 0 saturated carbocycles. The molecule has 196 valence electrons. The SMILES string of the molecule is O=C(O[C@H]1OCCN(Cc2ccccc2)[C@H]1c1ccc(F)cc1)c1cc(C(F)(F)F)ccc1C(F)(F)F. The molecule has 37 heavy (non-hydrogen) atoms. The molecule has 0 spiro atoms. The molecule has 0 N–H and O–H groups in total. The largest absolute Gasteiger partial charge is 0.430 e. The van der Waals surface area contributed by atoms with Gasteiger partial charge in [0.2, 0.25) is 6.29 Å². The van der Waals surface area contributed by atoms with Crippen LogP contribution in [0.25, 0.3) is 0 Å². The van der Waals surface area contributed by atoms with Gasteiger partial charge in [0.25, 0.3) is 0 Å². The smallest absolute Gasteiger partial charge is 0.417 e. The highest BCUT2D eigenvalue weighted by Gasteiger charge is 2.41. The van der Waals surface area contributed by atoms with Gasteiger partial charge in [-0.1, -0.05) is 42.5 Å². The molecule has 0 aliphatic carbocycles. The molecule has 1 saturated heterocycles. The minimum atomic E-state index is -5.11. The Bertz CT molecular complexity index is 1230. The zero-order chi connectivity index (χ0) is 26.8. The Balaban J connectivity index is 1.69. The standard InChI is InChI=1S/C26H20F7NO3/c27-19-9-6-17(7-10-19)22-24(36-13-12-34(22)15-16-4-2-1-3-5-16)37-23(35)20-14-18(25(28,29)30)8-11-21(20)26(31,32)33/h1-11,14,22,24H,12-13,15H2/t22-,24+/m0/s1. The van der Waals surface area contributed by atoms with E-state index in [4.69, 9.17) is 9.47 Å². The first-order chi connectivity index (χ1) is 17.4. The fourth-order valence-electron chi connectivity index (χ4n) is 4.12. The third kappa shape index (κ3) is 6.28. The van der Waals surface area contributed by atoms with E-state index < -0.39 is 53.2 Å². The molecular formula is C26H20F7NO3. The maximum Gasteiger partial charge on any atom is 0.417 e. The summed E-state index contributed by atoms with van der Waals surface area (Å²) in [4.78, 5) is 14.7. The molecule has 0 bridgehead atoms. The lowest BCUT2D eigenvalue weighted by atomic mass is 10.0. The molecule has 4 nitrogen and oxygen atoms in total. The van der Waals surface area contributed by atoms with Crippen molar-refractivity contribution in [3.63, 3.8) is 0 Å². The number of esters is 1. The van der Waals surface area contributed by atoms with E-state index in [-0.39, 0.29) is 24.8 Å². The lowest BCUT2D eigenvalue weighted by molar-refractivity contribution is -0.186. The van der Waals surface area contributed by atoms with Crippen molar-refractivity contribution in [3.8, 4) is 0 Å². The average molecular weight is 527 g/mol. The molecule has 4 rings (SSSR count). The summed E-state index contributed by atoms with van der Waals surface area (Å²) in [6.45, 7) is 0.692. The van der Waals surface area contributed by atoms with Gasteiger partial charge < -0.3 is 9.47 Å². The first-order valence-electron chi connectivity index (χ1n) is 11.1. The Morgan fingerprint density at radius 2 is 1.59 bits per heavy atom. The average Bonchev–Trinajstić information content (AvgIpc) is 2.84. The third-order valence-corrected chi connectivity index (χ3v) is 5.85. The Morgan fingerprint density at radius 3 is 2.22 bits per heavy atom. The number of benzene rings is 3. The predicted octanol–water partition coefficient (Wildman–Crippen LogP) is 6.62. The molecule has 1 heterocycles. The summed E-state index contributed by atoms with van der Waals surface area (Å²) >= 11 is 0. The zero-order valence-electron chi connectivity index (χ0n) is 19.0. The number of rotatable bonds is 5. The van der Waals surface area contributed by atoms with E-state index in [1.54, 1.807) is 0 Å². The minimum absolute atomic E-state index is 0.0250. The van der Waals surface area contributed by atoms with Crippen molar-refractivity contribution in [3.05, 3.63) is 106 Å². The van der Waals surface area contributed by atoms with Crippen LogP contribution >= 0.6 is 0 Å². The molecule has 0 aromatic heterocycles. The molecule has 0 amide bonds. The zero-order valence-corrected chi connectivity index (χ0v) is 19.0. The molecule has 0 unspecified atom stereocenters. The number of carbonyl (C=O) groups is 1. The fraction of sp³-hybridized carbons (Fsp3) is 0.269. The normalized spacial score (nSPS) is 19.0. The van der Waals surface area contributed by atoms with Crippen LogP contribution in [0.5, 0.6) is 0 Å². The lowest BCUT2D eigenvalue weighted by Gasteiger charge is -2.40. The lowest BCUT2D eigenvalue weighted by Crippen LogP contribution is -2.46. The van der Waals surface area contributed by atoms with Gasteiger partial charge >= 0.3 is 18.3 Å². The molecule has 1 aliphatic rings. The van der Waals surface area contributed by atoms with Crippen LogP contribution in [-0.4, -0.2) is 30.3 Å². The third-order valence-electron chi connectivity index (χ3n) is 5.85. The van der Waals surface area contributed by atoms with Crippen LogP contribution < -0.4 is 0 Å². The van der Waals surface area contributed by atoms with Gasteiger partial charge in [0.15, 0.2) is 0 Å². The summed E-state index contributed by atoms with van der Waals surface area (Å²) in [6.07, 6.45) is -11.6. The van der Waals surface area contributed by atoms with E-state index in [1.165, 1.54) is 12.1 Å². The summed E-state index contributed by atoms with van der Waals surface area (Å²) in [5, 5.41) is 0. The van der Waals surface area contributed by atoms with Crippen LogP contribution in [0.15, 0.2) is 72.8 Å². The number of halogens is 7. The summed E-state index contributed by atoms with van der Waals surface area (Å²) in [5.41, 5.74) is -2.98. The van der Waals surface area contributed by atoms with Crippen LogP contribution in [0.4, 0.5) is 30.7 Å². The Labute approximate surface area is 207 Å². The summed E-state index contributed by atoms with van der Waals surface area (Å²) in [6, 6.07) is 14.0. The van der Waals surface area contributed by atoms with Gasteiger partial charge in [-0.25, -0.2) is 9.18 Å². The van der Waals surface area contributed by atoms with E-state index >= 15 is 0 Å². The van der Waals surface area contributed by atoms with E-state index in [0.29, 0.717) is 18.7 Å². The number of hydrogen-bond acceptors (Lipinski definition) is 4. The van der Waals surface area contributed by atoms with Crippen molar-refractivity contribution in [1.29, 1.82) is 0 Å². The Morgan fingerprint density at radius 1 is 0.919 bits per heavy atom. The van der Waals surface area contributed by atoms with Crippen molar-refractivity contribution >= 4 is 5.97 Å². The first kappa shape index (κ1) is 26.6. The number of ether oxygens (including phenoxy) is 2. The second-order valence-electron chi connectivity index (χ2n) is 8.35. The fourth-order valence-corrected chi connectivity index (χ4v) is 4.12. The van der Waals surface area contributed by atoms with Crippen LogP contribution in [-0.2, 0) is 28.4 Å². The van der Waals surface area contributed by atoms with Crippen molar-refractivity contribution in [2.75, 3.05) is 13.2 Å². The number of hydrogen-bond donors (Lipinski definition) is 0. The molecule has 1 fully saturated rings. The minimum Gasteiger partial charge on any atom is -0.430 e. The molecule has 2 atom stereocenters. The van der Waals surface area contributed by atoms with Gasteiger partial charge in [0, 0.05) is 13.1 Å². The van der Waals surface area contributed by atoms with Gasteiger partial charge in [-0.05, 0) is 41.5 Å². The van der Waals surface area contributed by atoms with E-state index in [0.717, 1.165) is 17.7 Å². The molecule has 3 aromatic rings. The van der Waals surface area contributed by atoms with E-state index in [1.807, 2.05) is 35.2 Å². The Kier molecular flexibility index (Phi) is 7.56. The van der Waals surface area contributed by atoms with Crippen molar-refractivity contribution < 1.29 is 45.0 Å². The van der Waals surface area contributed by atoms with Gasteiger partial charge in [-0.3, -0.25) is 4.90 Å². The van der Waals surface area contributed by atoms with Crippen LogP contribution in [0.1, 0.15) is 38.7 Å². The monoisotopic (exact) mass is 527 g/mol. The van der Waals surface area contributed by atoms with Crippen LogP contribution in [0.2, 0.25) is 0 Å². The van der Waals surface area contributed by atoms with Crippen LogP contribution in [0, 0.1) is 5.82 Å². The molecule has 11 heteroatoms. The van der Waals surface area contributed by atoms with Gasteiger partial charge in [0.1, 0.15) is 5.82 Å². The first-order valence-corrected chi connectivity index (χ1v) is 11.1. The second kappa shape index (κ2) is 10.5. The van der Waals surface area contributed by atoms with E-state index in [9.17, 15) is 35.5 Å². The highest BCUT2D eigenvalue weighted by Crippen LogP contribution is 2.38. The van der Waals surface area contributed by atoms with E-state index in [2.05, 4.69) is 0 Å². The van der Waals surface area contributed by atoms with Gasteiger partial charge in [-0.2, -0.15) is 26.3 Å². The maximum absolute atomic E-state index is 13.6. The predicted molar refractivity (Wildman–Crippen MR) is 118 cm³/mol. The number of alkyl halides is 6. The Hall–Kier alpha value is -3.44. The van der Waals surface area contributed by atoms with Crippen molar-refractivity contribution in [2.45, 2.75) is 31.2 Å². The highest BCUT2D eigenvalue weighted by molar-refractivity contribution is 5.91. The molecule has 1 aliphatic heterocycles. The quantitative estimate of drug-likeness (QED) is 0.276. The second-order valence-corrected chi connectivity index (χ2v) is 8.35. The summed E-state index contributed by atoms with van der Waals surface area (Å²) in [5.74, 6) is -2.17. The summed E-state index contributed by atoms with van der Waals surface area (Å²) < 4.78 is 105. The van der Waals surface area contributed by atoms with Gasteiger partial charge in [0.05, 0.1) is 29.3 Å². The molecule has 3 aromatic carbocycles. The van der Waals surface area contributed by atoms with Crippen LogP contribution in [0.3, 0.4) is 0 Å². The topological polar surface area (TPSA) is 38.8 Å². The maximum atomic E-state index is 13.6. The number of carbonyl (C=O) groups excluding carboxylic acids is 1.